The van der Waals surface area contributed by atoms with Crippen LogP contribution in [0.25, 0.3) is 0 Å². The maximum Gasteiger partial charge on any atom is 0.308 e. The van der Waals surface area contributed by atoms with E-state index in [4.69, 9.17) is 9.47 Å². The lowest BCUT2D eigenvalue weighted by Crippen LogP contribution is -2.35. The van der Waals surface area contributed by atoms with E-state index in [-0.39, 0.29) is 41.4 Å². The molecule has 0 N–H and O–H groups in total. The Labute approximate surface area is 131 Å². The number of ether oxygens (including phenoxy) is 2. The summed E-state index contributed by atoms with van der Waals surface area (Å²) in [4.78, 5) is 36.2. The first kappa shape index (κ1) is 17.0. The van der Waals surface area contributed by atoms with Crippen LogP contribution in [0.1, 0.15) is 51.4 Å². The Hall–Kier alpha value is -1.39. The van der Waals surface area contributed by atoms with Gasteiger partial charge in [0, 0.05) is 11.8 Å². The van der Waals surface area contributed by atoms with E-state index in [1.54, 1.807) is 0 Å². The number of Topliss-reactive ketones (excluding diaryl/α,β-unsaturated/α-hetero) is 1. The van der Waals surface area contributed by atoms with Crippen LogP contribution < -0.4 is 0 Å². The molecule has 2 aliphatic carbocycles. The molecule has 5 nitrogen and oxygen atoms in total. The summed E-state index contributed by atoms with van der Waals surface area (Å²) < 4.78 is 9.63. The van der Waals surface area contributed by atoms with Crippen LogP contribution in [0.4, 0.5) is 0 Å². The number of hydrogen-bond acceptors (Lipinski definition) is 5. The van der Waals surface area contributed by atoms with Gasteiger partial charge in [-0.15, -0.1) is 0 Å². The van der Waals surface area contributed by atoms with Gasteiger partial charge < -0.3 is 9.47 Å². The average Bonchev–Trinajstić information content (AvgIpc) is 2.59. The third-order valence-electron chi connectivity index (χ3n) is 5.22. The molecule has 0 aromatic rings. The lowest BCUT2D eigenvalue weighted by atomic mass is 9.71. The van der Waals surface area contributed by atoms with Crippen LogP contribution in [0.15, 0.2) is 0 Å². The van der Waals surface area contributed by atoms with E-state index in [0.29, 0.717) is 12.8 Å². The fraction of sp³-hybridized carbons (Fsp3) is 0.824. The van der Waals surface area contributed by atoms with Crippen molar-refractivity contribution in [1.82, 2.24) is 0 Å². The highest BCUT2D eigenvalue weighted by molar-refractivity contribution is 5.85. The molecule has 2 aliphatic rings. The van der Waals surface area contributed by atoms with Gasteiger partial charge in [-0.05, 0) is 38.5 Å². The molecule has 0 unspecified atom stereocenters. The highest BCUT2D eigenvalue weighted by atomic mass is 16.5. The fourth-order valence-corrected chi connectivity index (χ4v) is 3.99. The van der Waals surface area contributed by atoms with Gasteiger partial charge in [0.2, 0.25) is 0 Å². The van der Waals surface area contributed by atoms with E-state index >= 15 is 0 Å². The molecular weight excluding hydrogens is 284 g/mol. The van der Waals surface area contributed by atoms with Gasteiger partial charge in [-0.25, -0.2) is 0 Å². The molecular formula is C17H26O5. The monoisotopic (exact) mass is 310 g/mol. The standard InChI is InChI=1S/C17H26O5/c1-21-16(19)13-7-3-5-11(9-13)15(18)12-6-4-8-14(10-12)17(20)22-2/h11-14H,3-10H2,1-2H3/t11-,12-,13+,14+/m0/s1. The van der Waals surface area contributed by atoms with Crippen molar-refractivity contribution in [1.29, 1.82) is 0 Å². The molecule has 0 heterocycles. The van der Waals surface area contributed by atoms with Crippen molar-refractivity contribution in [3.8, 4) is 0 Å². The second-order valence-electron chi connectivity index (χ2n) is 6.57. The number of hydrogen-bond donors (Lipinski definition) is 0. The van der Waals surface area contributed by atoms with Crippen molar-refractivity contribution >= 4 is 17.7 Å². The van der Waals surface area contributed by atoms with Gasteiger partial charge in [0.25, 0.3) is 0 Å². The zero-order chi connectivity index (χ0) is 16.1. The molecule has 4 atom stereocenters. The van der Waals surface area contributed by atoms with Gasteiger partial charge in [-0.3, -0.25) is 14.4 Å². The number of rotatable bonds is 4. The Morgan fingerprint density at radius 3 is 1.41 bits per heavy atom. The van der Waals surface area contributed by atoms with Crippen molar-refractivity contribution in [3.05, 3.63) is 0 Å². The molecule has 124 valence electrons. The second-order valence-corrected chi connectivity index (χ2v) is 6.57. The smallest absolute Gasteiger partial charge is 0.308 e. The van der Waals surface area contributed by atoms with Crippen molar-refractivity contribution in [2.75, 3.05) is 14.2 Å². The molecule has 5 heteroatoms. The molecule has 0 spiro atoms. The van der Waals surface area contributed by atoms with Crippen LogP contribution in [0.5, 0.6) is 0 Å². The Bertz CT molecular complexity index is 393. The maximum atomic E-state index is 12.8. The highest BCUT2D eigenvalue weighted by Gasteiger charge is 2.38. The zero-order valence-electron chi connectivity index (χ0n) is 13.5. The third-order valence-corrected chi connectivity index (χ3v) is 5.22. The summed E-state index contributed by atoms with van der Waals surface area (Å²) in [6.07, 6.45) is 6.32. The predicted molar refractivity (Wildman–Crippen MR) is 79.9 cm³/mol. The molecule has 0 radical (unpaired) electrons. The summed E-state index contributed by atoms with van der Waals surface area (Å²) in [6.45, 7) is 0. The normalized spacial score (nSPS) is 32.1. The number of carbonyl (C=O) groups excluding carboxylic acids is 3. The first-order valence-electron chi connectivity index (χ1n) is 8.26. The minimum atomic E-state index is -0.200. The topological polar surface area (TPSA) is 69.7 Å². The molecule has 0 bridgehead atoms. The number of ketones is 1. The molecule has 22 heavy (non-hydrogen) atoms. The van der Waals surface area contributed by atoms with E-state index in [0.717, 1.165) is 38.5 Å². The Morgan fingerprint density at radius 2 is 1.05 bits per heavy atom. The predicted octanol–water partition coefficient (Wildman–Crippen LogP) is 2.51. The minimum absolute atomic E-state index is 0.0563. The number of esters is 2. The maximum absolute atomic E-state index is 12.8. The molecule has 0 aromatic carbocycles. The first-order chi connectivity index (χ1) is 10.6. The van der Waals surface area contributed by atoms with Crippen LogP contribution in [0, 0.1) is 23.7 Å². The summed E-state index contributed by atoms with van der Waals surface area (Å²) in [6, 6.07) is 0. The Kier molecular flexibility index (Phi) is 5.98. The minimum Gasteiger partial charge on any atom is -0.469 e. The van der Waals surface area contributed by atoms with Gasteiger partial charge in [-0.2, -0.15) is 0 Å². The van der Waals surface area contributed by atoms with Crippen molar-refractivity contribution in [2.24, 2.45) is 23.7 Å². The highest BCUT2D eigenvalue weighted by Crippen LogP contribution is 2.37. The molecule has 2 fully saturated rings. The van der Waals surface area contributed by atoms with Gasteiger partial charge in [0.1, 0.15) is 5.78 Å². The van der Waals surface area contributed by atoms with Crippen LogP contribution in [-0.4, -0.2) is 31.9 Å². The summed E-state index contributed by atoms with van der Waals surface area (Å²) in [5.41, 5.74) is 0. The summed E-state index contributed by atoms with van der Waals surface area (Å²) >= 11 is 0. The van der Waals surface area contributed by atoms with Crippen LogP contribution in [-0.2, 0) is 23.9 Å². The molecule has 2 saturated carbocycles. The summed E-state index contributed by atoms with van der Waals surface area (Å²) in [5.74, 6) is -0.566. The van der Waals surface area contributed by atoms with Gasteiger partial charge in [0.15, 0.2) is 0 Å². The average molecular weight is 310 g/mol. The quantitative estimate of drug-likeness (QED) is 0.746. The molecule has 0 saturated heterocycles. The van der Waals surface area contributed by atoms with E-state index < -0.39 is 0 Å². The fourth-order valence-electron chi connectivity index (χ4n) is 3.99. The zero-order valence-corrected chi connectivity index (χ0v) is 13.5. The third kappa shape index (κ3) is 3.87. The van der Waals surface area contributed by atoms with E-state index in [1.165, 1.54) is 14.2 Å². The van der Waals surface area contributed by atoms with Crippen molar-refractivity contribution in [3.63, 3.8) is 0 Å². The molecule has 0 aliphatic heterocycles. The summed E-state index contributed by atoms with van der Waals surface area (Å²) in [7, 11) is 2.80. The van der Waals surface area contributed by atoms with Crippen molar-refractivity contribution in [2.45, 2.75) is 51.4 Å². The Morgan fingerprint density at radius 1 is 0.682 bits per heavy atom. The van der Waals surface area contributed by atoms with E-state index in [9.17, 15) is 14.4 Å². The van der Waals surface area contributed by atoms with Gasteiger partial charge in [0.05, 0.1) is 26.1 Å². The largest absolute Gasteiger partial charge is 0.469 e. The SMILES string of the molecule is COC(=O)[C@@H]1CCC[C@H](C(=O)[C@H]2CCC[C@@H](C(=O)OC)C2)C1. The Balaban J connectivity index is 1.95. The number of methoxy groups -OCH3 is 2. The van der Waals surface area contributed by atoms with Crippen molar-refractivity contribution < 1.29 is 23.9 Å². The van der Waals surface area contributed by atoms with Crippen LogP contribution >= 0.6 is 0 Å². The lowest BCUT2D eigenvalue weighted by molar-refractivity contribution is -0.148. The molecule has 2 rings (SSSR count). The lowest BCUT2D eigenvalue weighted by Gasteiger charge is -2.32. The van der Waals surface area contributed by atoms with E-state index in [2.05, 4.69) is 0 Å². The summed E-state index contributed by atoms with van der Waals surface area (Å²) in [5, 5.41) is 0. The van der Waals surface area contributed by atoms with Gasteiger partial charge in [-0.1, -0.05) is 12.8 Å². The van der Waals surface area contributed by atoms with Crippen LogP contribution in [0.2, 0.25) is 0 Å². The van der Waals surface area contributed by atoms with Gasteiger partial charge >= 0.3 is 11.9 Å². The van der Waals surface area contributed by atoms with E-state index in [1.807, 2.05) is 0 Å². The first-order valence-corrected chi connectivity index (χ1v) is 8.26. The number of carbonyl (C=O) groups is 3. The molecule has 0 amide bonds. The molecule has 0 aromatic heterocycles. The second kappa shape index (κ2) is 7.75. The van der Waals surface area contributed by atoms with Crippen LogP contribution in [0.3, 0.4) is 0 Å².